The summed E-state index contributed by atoms with van der Waals surface area (Å²) in [5, 5.41) is 14.2. The lowest BCUT2D eigenvalue weighted by Crippen LogP contribution is -2.35. The van der Waals surface area contributed by atoms with Gasteiger partial charge in [-0.2, -0.15) is 0 Å². The van der Waals surface area contributed by atoms with Crippen LogP contribution >= 0.6 is 11.3 Å². The predicted molar refractivity (Wildman–Crippen MR) is 99.1 cm³/mol. The van der Waals surface area contributed by atoms with Crippen molar-refractivity contribution in [2.24, 2.45) is 11.8 Å². The molecular formula is C19H22N2O4S. The van der Waals surface area contributed by atoms with E-state index in [1.165, 1.54) is 16.7 Å². The van der Waals surface area contributed by atoms with Gasteiger partial charge in [0.15, 0.2) is 5.69 Å². The third kappa shape index (κ3) is 4.47. The number of carboxylic acids is 1. The SMILES string of the molecule is CC(C(=O)NCc1cccc(-c2nc(C(=O)O)cs2)c1)C1CCOCC1. The zero-order valence-corrected chi connectivity index (χ0v) is 15.4. The Hall–Kier alpha value is -2.25. The normalized spacial score (nSPS) is 16.2. The number of aromatic nitrogens is 1. The molecular weight excluding hydrogens is 352 g/mol. The zero-order chi connectivity index (χ0) is 18.5. The van der Waals surface area contributed by atoms with Gasteiger partial charge in [-0.3, -0.25) is 4.79 Å². The Morgan fingerprint density at radius 3 is 2.85 bits per heavy atom. The largest absolute Gasteiger partial charge is 0.476 e. The molecule has 26 heavy (non-hydrogen) atoms. The molecule has 1 aliphatic rings. The molecule has 3 rings (SSSR count). The number of carboxylic acid groups (broad SMARTS) is 1. The molecule has 1 amide bonds. The second-order valence-electron chi connectivity index (χ2n) is 6.50. The summed E-state index contributed by atoms with van der Waals surface area (Å²) in [7, 11) is 0. The quantitative estimate of drug-likeness (QED) is 0.811. The summed E-state index contributed by atoms with van der Waals surface area (Å²) in [6.45, 7) is 3.88. The van der Waals surface area contributed by atoms with Crippen LogP contribution in [-0.2, 0) is 16.1 Å². The highest BCUT2D eigenvalue weighted by Crippen LogP contribution is 2.25. The summed E-state index contributed by atoms with van der Waals surface area (Å²) in [5.41, 5.74) is 1.86. The Labute approximate surface area is 156 Å². The van der Waals surface area contributed by atoms with Crippen molar-refractivity contribution in [3.05, 3.63) is 40.9 Å². The van der Waals surface area contributed by atoms with Gasteiger partial charge in [-0.1, -0.05) is 25.1 Å². The van der Waals surface area contributed by atoms with Gasteiger partial charge < -0.3 is 15.2 Å². The van der Waals surface area contributed by atoms with Crippen LogP contribution in [0, 0.1) is 11.8 Å². The molecule has 0 radical (unpaired) electrons. The van der Waals surface area contributed by atoms with E-state index in [1.807, 2.05) is 31.2 Å². The molecule has 1 fully saturated rings. The predicted octanol–water partition coefficient (Wildman–Crippen LogP) is 3.19. The van der Waals surface area contributed by atoms with Crippen molar-refractivity contribution in [1.29, 1.82) is 0 Å². The van der Waals surface area contributed by atoms with Gasteiger partial charge in [0.25, 0.3) is 0 Å². The van der Waals surface area contributed by atoms with Crippen LogP contribution in [0.2, 0.25) is 0 Å². The summed E-state index contributed by atoms with van der Waals surface area (Å²) in [6.07, 6.45) is 1.86. The first-order valence-corrected chi connectivity index (χ1v) is 9.56. The maximum absolute atomic E-state index is 12.4. The molecule has 1 aromatic heterocycles. The first-order chi connectivity index (χ1) is 12.5. The second-order valence-corrected chi connectivity index (χ2v) is 7.36. The Bertz CT molecular complexity index is 783. The van der Waals surface area contributed by atoms with Crippen molar-refractivity contribution < 1.29 is 19.4 Å². The first kappa shape index (κ1) is 18.5. The summed E-state index contributed by atoms with van der Waals surface area (Å²) >= 11 is 1.30. The Morgan fingerprint density at radius 2 is 2.15 bits per heavy atom. The number of carbonyl (C=O) groups excluding carboxylic acids is 1. The summed E-state index contributed by atoms with van der Waals surface area (Å²) in [6, 6.07) is 7.65. The van der Waals surface area contributed by atoms with Crippen LogP contribution in [-0.4, -0.2) is 35.2 Å². The molecule has 1 unspecified atom stereocenters. The average molecular weight is 374 g/mol. The molecule has 1 aliphatic heterocycles. The minimum Gasteiger partial charge on any atom is -0.476 e. The van der Waals surface area contributed by atoms with E-state index >= 15 is 0 Å². The Morgan fingerprint density at radius 1 is 1.38 bits per heavy atom. The second kappa shape index (κ2) is 8.42. The molecule has 6 nitrogen and oxygen atoms in total. The molecule has 0 spiro atoms. The molecule has 0 bridgehead atoms. The molecule has 1 atom stereocenters. The number of nitrogens with one attached hydrogen (secondary N) is 1. The average Bonchev–Trinajstić information content (AvgIpc) is 3.17. The van der Waals surface area contributed by atoms with Crippen LogP contribution in [0.1, 0.15) is 35.8 Å². The van der Waals surface area contributed by atoms with Crippen molar-refractivity contribution >= 4 is 23.2 Å². The number of carbonyl (C=O) groups is 2. The van der Waals surface area contributed by atoms with Gasteiger partial charge in [0, 0.05) is 36.6 Å². The molecule has 2 N–H and O–H groups in total. The number of aromatic carboxylic acids is 1. The van der Waals surface area contributed by atoms with Crippen LogP contribution in [0.4, 0.5) is 0 Å². The highest BCUT2D eigenvalue weighted by molar-refractivity contribution is 7.13. The number of ether oxygens (including phenoxy) is 1. The van der Waals surface area contributed by atoms with E-state index in [2.05, 4.69) is 10.3 Å². The molecule has 1 aromatic carbocycles. The maximum Gasteiger partial charge on any atom is 0.355 e. The smallest absolute Gasteiger partial charge is 0.355 e. The Balaban J connectivity index is 1.61. The van der Waals surface area contributed by atoms with Crippen LogP contribution in [0.3, 0.4) is 0 Å². The van der Waals surface area contributed by atoms with E-state index in [1.54, 1.807) is 0 Å². The van der Waals surface area contributed by atoms with Crippen molar-refractivity contribution in [2.75, 3.05) is 13.2 Å². The van der Waals surface area contributed by atoms with Gasteiger partial charge in [-0.15, -0.1) is 11.3 Å². The van der Waals surface area contributed by atoms with Gasteiger partial charge in [-0.05, 0) is 30.4 Å². The van der Waals surface area contributed by atoms with E-state index in [9.17, 15) is 9.59 Å². The first-order valence-electron chi connectivity index (χ1n) is 8.68. The lowest BCUT2D eigenvalue weighted by molar-refractivity contribution is -0.127. The van der Waals surface area contributed by atoms with Crippen LogP contribution in [0.15, 0.2) is 29.6 Å². The third-order valence-electron chi connectivity index (χ3n) is 4.75. The minimum absolute atomic E-state index is 0.0285. The van der Waals surface area contributed by atoms with Gasteiger partial charge in [0.05, 0.1) is 0 Å². The summed E-state index contributed by atoms with van der Waals surface area (Å²) in [4.78, 5) is 27.5. The van der Waals surface area contributed by atoms with Crippen LogP contribution in [0.5, 0.6) is 0 Å². The van der Waals surface area contributed by atoms with Crippen molar-refractivity contribution in [3.8, 4) is 10.6 Å². The minimum atomic E-state index is -1.03. The number of hydrogen-bond acceptors (Lipinski definition) is 5. The number of amides is 1. The Kier molecular flexibility index (Phi) is 6.00. The number of nitrogens with zero attached hydrogens (tertiary/aromatic N) is 1. The van der Waals surface area contributed by atoms with E-state index in [0.29, 0.717) is 17.5 Å². The summed E-state index contributed by atoms with van der Waals surface area (Å²) in [5.74, 6) is -0.623. The molecule has 0 saturated carbocycles. The van der Waals surface area contributed by atoms with Gasteiger partial charge in [0.2, 0.25) is 5.91 Å². The molecule has 2 aromatic rings. The molecule has 0 aliphatic carbocycles. The van der Waals surface area contributed by atoms with Crippen molar-refractivity contribution in [3.63, 3.8) is 0 Å². The zero-order valence-electron chi connectivity index (χ0n) is 14.6. The van der Waals surface area contributed by atoms with Crippen molar-refractivity contribution in [2.45, 2.75) is 26.3 Å². The van der Waals surface area contributed by atoms with E-state index in [0.717, 1.165) is 37.2 Å². The molecule has 1 saturated heterocycles. The summed E-state index contributed by atoms with van der Waals surface area (Å²) < 4.78 is 5.36. The monoisotopic (exact) mass is 374 g/mol. The molecule has 138 valence electrons. The number of benzene rings is 1. The van der Waals surface area contributed by atoms with Crippen LogP contribution < -0.4 is 5.32 Å². The standard InChI is InChI=1S/C19H22N2O4S/c1-12(14-5-7-25-8-6-14)17(22)20-10-13-3-2-4-15(9-13)18-21-16(11-26-18)19(23)24/h2-4,9,11-12,14H,5-8,10H2,1H3,(H,20,22)(H,23,24). The molecule has 2 heterocycles. The van der Waals surface area contributed by atoms with Gasteiger partial charge >= 0.3 is 5.97 Å². The topological polar surface area (TPSA) is 88.5 Å². The fourth-order valence-electron chi connectivity index (χ4n) is 3.10. The maximum atomic E-state index is 12.4. The van der Waals surface area contributed by atoms with Crippen molar-refractivity contribution in [1.82, 2.24) is 10.3 Å². The van der Waals surface area contributed by atoms with E-state index < -0.39 is 5.97 Å². The number of thiazole rings is 1. The molecule has 7 heteroatoms. The van der Waals surface area contributed by atoms with Crippen LogP contribution in [0.25, 0.3) is 10.6 Å². The van der Waals surface area contributed by atoms with Gasteiger partial charge in [0.1, 0.15) is 5.01 Å². The highest BCUT2D eigenvalue weighted by Gasteiger charge is 2.25. The lowest BCUT2D eigenvalue weighted by Gasteiger charge is -2.27. The fraction of sp³-hybridized carbons (Fsp3) is 0.421. The number of hydrogen-bond donors (Lipinski definition) is 2. The number of rotatable bonds is 6. The fourth-order valence-corrected chi connectivity index (χ4v) is 3.89. The van der Waals surface area contributed by atoms with E-state index in [-0.39, 0.29) is 17.5 Å². The highest BCUT2D eigenvalue weighted by atomic mass is 32.1. The third-order valence-corrected chi connectivity index (χ3v) is 5.64. The van der Waals surface area contributed by atoms with E-state index in [4.69, 9.17) is 9.84 Å². The van der Waals surface area contributed by atoms with Gasteiger partial charge in [-0.25, -0.2) is 9.78 Å². The lowest BCUT2D eigenvalue weighted by atomic mass is 9.87.